The number of carbonyl (C=O) groups is 7. The fourth-order valence-electron chi connectivity index (χ4n) is 6.23. The van der Waals surface area contributed by atoms with Gasteiger partial charge in [0.05, 0.1) is 19.2 Å². The third-order valence-electron chi connectivity index (χ3n) is 9.38. The van der Waals surface area contributed by atoms with Crippen molar-refractivity contribution in [1.29, 1.82) is 0 Å². The van der Waals surface area contributed by atoms with E-state index in [1.807, 2.05) is 13.8 Å². The summed E-state index contributed by atoms with van der Waals surface area (Å²) in [4.78, 5) is 91.0. The Kier molecular flexibility index (Phi) is 14.2. The largest absolute Gasteiger partial charge is 0.449 e. The third-order valence-corrected chi connectivity index (χ3v) is 9.38. The number of ether oxygens (including phenoxy) is 1. The number of rotatable bonds is 19. The Labute approximate surface area is 293 Å². The topological polar surface area (TPSA) is 215 Å². The summed E-state index contributed by atoms with van der Waals surface area (Å²) in [5, 5.41) is 13.1. The summed E-state index contributed by atoms with van der Waals surface area (Å²) in [6, 6.07) is 4.18. The second-order valence-corrected chi connectivity index (χ2v) is 14.4. The Hall–Kier alpha value is -4.49. The van der Waals surface area contributed by atoms with Crippen molar-refractivity contribution in [3.8, 4) is 0 Å². The van der Waals surface area contributed by atoms with Crippen LogP contribution in [0.15, 0.2) is 30.3 Å². The molecule has 0 aliphatic heterocycles. The van der Waals surface area contributed by atoms with Crippen LogP contribution in [0.5, 0.6) is 0 Å². The summed E-state index contributed by atoms with van der Waals surface area (Å²) in [6.45, 7) is 3.43. The van der Waals surface area contributed by atoms with Crippen LogP contribution in [0.2, 0.25) is 0 Å². The molecule has 0 bridgehead atoms. The van der Waals surface area contributed by atoms with Crippen molar-refractivity contribution in [3.63, 3.8) is 0 Å². The van der Waals surface area contributed by atoms with Crippen LogP contribution in [0.4, 0.5) is 4.79 Å². The van der Waals surface area contributed by atoms with Crippen LogP contribution in [0, 0.1) is 23.7 Å². The van der Waals surface area contributed by atoms with E-state index in [-0.39, 0.29) is 36.7 Å². The van der Waals surface area contributed by atoms with Crippen molar-refractivity contribution in [2.45, 2.75) is 109 Å². The maximum Gasteiger partial charge on any atom is 0.407 e. The van der Waals surface area contributed by atoms with Gasteiger partial charge < -0.3 is 37.1 Å². The van der Waals surface area contributed by atoms with Crippen LogP contribution in [0.1, 0.15) is 96.1 Å². The first-order chi connectivity index (χ1) is 23.9. The minimum absolute atomic E-state index is 0.115. The number of nitrogens with one attached hydrogen (secondary N) is 5. The fraction of sp³-hybridized carbons (Fsp3) is 0.639. The van der Waals surface area contributed by atoms with E-state index in [9.17, 15) is 33.6 Å². The monoisotopic (exact) mass is 696 g/mol. The van der Waals surface area contributed by atoms with Crippen LogP contribution >= 0.6 is 0 Å². The molecule has 4 atom stereocenters. The number of ketones is 1. The SMILES string of the molecule is CC(C)COC(=O)N[C@H](C(=O)N[C@@H](CC1CC1)C(=O)NC(CC1CC1)C(=O)C(=O)NCC(=O)NC(C(N)=O)c1ccccc1)C1CCCCC1. The lowest BCUT2D eigenvalue weighted by Crippen LogP contribution is -2.58. The first-order valence-electron chi connectivity index (χ1n) is 17.9. The summed E-state index contributed by atoms with van der Waals surface area (Å²) >= 11 is 0. The van der Waals surface area contributed by atoms with Crippen molar-refractivity contribution < 1.29 is 38.3 Å². The maximum absolute atomic E-state index is 13.7. The fourth-order valence-corrected chi connectivity index (χ4v) is 6.23. The van der Waals surface area contributed by atoms with Gasteiger partial charge in [-0.2, -0.15) is 0 Å². The molecule has 274 valence electrons. The highest BCUT2D eigenvalue weighted by Gasteiger charge is 2.39. The lowest BCUT2D eigenvalue weighted by molar-refractivity contribution is -0.141. The molecule has 1 aromatic carbocycles. The smallest absolute Gasteiger partial charge is 0.407 e. The first-order valence-corrected chi connectivity index (χ1v) is 17.9. The molecule has 4 rings (SSSR count). The standard InChI is InChI=1S/C36H52N6O8/c1-21(2)20-50-36(49)42-30(25-11-7-4-8-12-25)34(47)40-27(18-23-15-16-23)33(46)39-26(17-22-13-14-22)31(44)35(48)38-19-28(43)41-29(32(37)45)24-9-5-3-6-10-24/h3,5-6,9-10,21-23,25-27,29-30H,4,7-8,11-20H2,1-2H3,(H2,37,45)(H,38,48)(H,39,46)(H,40,47)(H,41,43)(H,42,49)/t26?,27-,29?,30-/m0/s1. The number of carbonyl (C=O) groups excluding carboxylic acids is 7. The molecule has 7 N–H and O–H groups in total. The van der Waals surface area contributed by atoms with E-state index >= 15 is 0 Å². The molecule has 0 saturated heterocycles. The van der Waals surface area contributed by atoms with E-state index in [0.717, 1.165) is 57.8 Å². The van der Waals surface area contributed by atoms with Crippen LogP contribution in [-0.2, 0) is 33.5 Å². The quantitative estimate of drug-likeness (QED) is 0.117. The summed E-state index contributed by atoms with van der Waals surface area (Å²) in [5.41, 5.74) is 5.92. The van der Waals surface area contributed by atoms with Gasteiger partial charge >= 0.3 is 6.09 Å². The molecule has 3 saturated carbocycles. The molecule has 14 nitrogen and oxygen atoms in total. The van der Waals surface area contributed by atoms with E-state index in [4.69, 9.17) is 10.5 Å². The lowest BCUT2D eigenvalue weighted by Gasteiger charge is -2.31. The van der Waals surface area contributed by atoms with E-state index in [2.05, 4.69) is 26.6 Å². The summed E-state index contributed by atoms with van der Waals surface area (Å²) in [7, 11) is 0. The van der Waals surface area contributed by atoms with Crippen molar-refractivity contribution in [2.75, 3.05) is 13.2 Å². The van der Waals surface area contributed by atoms with E-state index in [1.54, 1.807) is 30.3 Å². The predicted octanol–water partition coefficient (Wildman–Crippen LogP) is 1.92. The van der Waals surface area contributed by atoms with Crippen LogP contribution in [0.3, 0.4) is 0 Å². The molecule has 14 heteroatoms. The van der Waals surface area contributed by atoms with E-state index in [0.29, 0.717) is 12.0 Å². The molecular formula is C36H52N6O8. The van der Waals surface area contributed by atoms with Gasteiger partial charge in [0.15, 0.2) is 0 Å². The number of hydrogen-bond acceptors (Lipinski definition) is 8. The van der Waals surface area contributed by atoms with Gasteiger partial charge in [-0.25, -0.2) is 4.79 Å². The summed E-state index contributed by atoms with van der Waals surface area (Å²) < 4.78 is 5.30. The van der Waals surface area contributed by atoms with Crippen LogP contribution in [0.25, 0.3) is 0 Å². The average molecular weight is 697 g/mol. The lowest BCUT2D eigenvalue weighted by atomic mass is 9.83. The first kappa shape index (κ1) is 38.3. The number of Topliss-reactive ketones (excluding diaryl/α,β-unsaturated/α-hetero) is 1. The zero-order valence-electron chi connectivity index (χ0n) is 29.0. The average Bonchev–Trinajstić information content (AvgIpc) is 4.04. The van der Waals surface area contributed by atoms with Gasteiger partial charge in [0.1, 0.15) is 18.1 Å². The third kappa shape index (κ3) is 12.4. The molecule has 3 aliphatic rings. The Morgan fingerprint density at radius 3 is 1.94 bits per heavy atom. The highest BCUT2D eigenvalue weighted by atomic mass is 16.5. The number of benzene rings is 1. The molecule has 2 unspecified atom stereocenters. The van der Waals surface area contributed by atoms with Gasteiger partial charge in [0, 0.05) is 0 Å². The summed E-state index contributed by atoms with van der Waals surface area (Å²) in [6.07, 6.45) is 7.81. The minimum atomic E-state index is -1.17. The van der Waals surface area contributed by atoms with E-state index < -0.39 is 72.1 Å². The number of amides is 6. The highest BCUT2D eigenvalue weighted by Crippen LogP contribution is 2.35. The molecule has 0 spiro atoms. The second-order valence-electron chi connectivity index (χ2n) is 14.4. The number of primary amides is 1. The molecule has 3 fully saturated rings. The van der Waals surface area contributed by atoms with Crippen molar-refractivity contribution in [3.05, 3.63) is 35.9 Å². The molecule has 50 heavy (non-hydrogen) atoms. The Bertz CT molecular complexity index is 1370. The number of alkyl carbamates (subject to hydrolysis) is 1. The van der Waals surface area contributed by atoms with Crippen molar-refractivity contribution in [2.24, 2.45) is 29.4 Å². The molecule has 1 aromatic rings. The normalized spacial score (nSPS) is 18.5. The molecule has 3 aliphatic carbocycles. The minimum Gasteiger partial charge on any atom is -0.449 e. The van der Waals surface area contributed by atoms with Crippen molar-refractivity contribution >= 4 is 41.4 Å². The Morgan fingerprint density at radius 1 is 0.760 bits per heavy atom. The molecular weight excluding hydrogens is 644 g/mol. The molecule has 6 amide bonds. The van der Waals surface area contributed by atoms with Gasteiger partial charge in [0.2, 0.25) is 29.4 Å². The van der Waals surface area contributed by atoms with E-state index in [1.165, 1.54) is 0 Å². The highest BCUT2D eigenvalue weighted by molar-refractivity contribution is 6.38. The second kappa shape index (κ2) is 18.5. The van der Waals surface area contributed by atoms with Gasteiger partial charge in [-0.1, -0.05) is 89.1 Å². The molecule has 0 aromatic heterocycles. The number of hydrogen-bond donors (Lipinski definition) is 6. The van der Waals surface area contributed by atoms with Gasteiger partial charge in [-0.05, 0) is 54.9 Å². The van der Waals surface area contributed by atoms with Crippen LogP contribution in [-0.4, -0.2) is 72.7 Å². The maximum atomic E-state index is 13.7. The predicted molar refractivity (Wildman–Crippen MR) is 183 cm³/mol. The van der Waals surface area contributed by atoms with Gasteiger partial charge in [0.25, 0.3) is 5.91 Å². The van der Waals surface area contributed by atoms with Crippen molar-refractivity contribution in [1.82, 2.24) is 26.6 Å². The van der Waals surface area contributed by atoms with Crippen LogP contribution < -0.4 is 32.3 Å². The molecule has 0 heterocycles. The zero-order valence-corrected chi connectivity index (χ0v) is 29.0. The Balaban J connectivity index is 1.38. The van der Waals surface area contributed by atoms with Gasteiger partial charge in [-0.3, -0.25) is 28.8 Å². The van der Waals surface area contributed by atoms with Gasteiger partial charge in [-0.15, -0.1) is 0 Å². The summed E-state index contributed by atoms with van der Waals surface area (Å²) in [5.74, 6) is -4.21. The number of nitrogens with two attached hydrogens (primary N) is 1. The Morgan fingerprint density at radius 2 is 1.36 bits per heavy atom. The molecule has 0 radical (unpaired) electrons. The zero-order chi connectivity index (χ0) is 36.2.